The van der Waals surface area contributed by atoms with E-state index < -0.39 is 7.82 Å². The zero-order valence-electron chi connectivity index (χ0n) is 7.28. The van der Waals surface area contributed by atoms with Crippen molar-refractivity contribution >= 4 is 7.82 Å². The van der Waals surface area contributed by atoms with Crippen molar-refractivity contribution in [3.05, 3.63) is 35.9 Å². The van der Waals surface area contributed by atoms with Gasteiger partial charge >= 0.3 is 7.82 Å². The van der Waals surface area contributed by atoms with Crippen LogP contribution in [0.1, 0.15) is 5.56 Å². The third-order valence-electron chi connectivity index (χ3n) is 1.49. The van der Waals surface area contributed by atoms with Crippen molar-refractivity contribution in [2.75, 3.05) is 6.61 Å². The van der Waals surface area contributed by atoms with E-state index in [4.69, 9.17) is 9.79 Å². The molecule has 4 nitrogen and oxygen atoms in total. The summed E-state index contributed by atoms with van der Waals surface area (Å²) in [7, 11) is -4.30. The van der Waals surface area contributed by atoms with Gasteiger partial charge in [0.15, 0.2) is 0 Å². The van der Waals surface area contributed by atoms with Crippen LogP contribution in [0, 0.1) is 0 Å². The number of phosphoric ester groups is 1. The fourth-order valence-corrected chi connectivity index (χ4v) is 1.26. The summed E-state index contributed by atoms with van der Waals surface area (Å²) in [5.74, 6) is 0. The minimum Gasteiger partial charge on any atom is -0.303 e. The normalized spacial score (nSPS) is 10.7. The van der Waals surface area contributed by atoms with Crippen LogP contribution in [0.25, 0.3) is 0 Å². The van der Waals surface area contributed by atoms with Gasteiger partial charge in [0.25, 0.3) is 0 Å². The summed E-state index contributed by atoms with van der Waals surface area (Å²) in [5.41, 5.74) is 0.996. The molecule has 0 radical (unpaired) electrons. The molecule has 0 amide bonds. The van der Waals surface area contributed by atoms with E-state index in [-0.39, 0.29) is 23.1 Å². The molecule has 1 aromatic rings. The predicted molar refractivity (Wildman–Crippen MR) is 48.1 cm³/mol. The maximum Gasteiger partial charge on any atom is 0.469 e. The van der Waals surface area contributed by atoms with E-state index in [1.165, 1.54) is 0 Å². The average Bonchev–Trinajstić information content (AvgIpc) is 2.04. The van der Waals surface area contributed by atoms with Crippen LogP contribution in [0.15, 0.2) is 30.3 Å². The van der Waals surface area contributed by atoms with Crippen molar-refractivity contribution in [2.24, 2.45) is 0 Å². The van der Waals surface area contributed by atoms with Crippen LogP contribution < -0.4 is 0 Å². The fourth-order valence-electron chi connectivity index (χ4n) is 0.927. The molecule has 0 spiro atoms. The molecule has 0 atom stereocenters. The first-order chi connectivity index (χ1) is 6.08. The second kappa shape index (κ2) is 6.33. The Morgan fingerprint density at radius 1 is 1.21 bits per heavy atom. The minimum atomic E-state index is -4.30. The van der Waals surface area contributed by atoms with Crippen molar-refractivity contribution in [1.29, 1.82) is 0 Å². The van der Waals surface area contributed by atoms with E-state index >= 15 is 0 Å². The molecule has 14 heavy (non-hydrogen) atoms. The Kier molecular flexibility index (Phi) is 6.25. The van der Waals surface area contributed by atoms with E-state index in [1.54, 1.807) is 0 Å². The molecular weight excluding hydrogens is 250 g/mol. The van der Waals surface area contributed by atoms with Gasteiger partial charge in [-0.05, 0) is 12.0 Å². The molecule has 0 unspecified atom stereocenters. The van der Waals surface area contributed by atoms with Crippen molar-refractivity contribution in [2.45, 2.75) is 6.42 Å². The Balaban J connectivity index is 0.00000169. The molecule has 0 bridgehead atoms. The quantitative estimate of drug-likeness (QED) is 0.633. The summed E-state index contributed by atoms with van der Waals surface area (Å²) in [6.07, 6.45) is 0.506. The molecule has 0 aliphatic heterocycles. The Hall–Kier alpha value is -0.176. The smallest absolute Gasteiger partial charge is 0.303 e. The van der Waals surface area contributed by atoms with Gasteiger partial charge in [0.1, 0.15) is 0 Å². The van der Waals surface area contributed by atoms with Crippen molar-refractivity contribution in [3.63, 3.8) is 0 Å². The van der Waals surface area contributed by atoms with Crippen molar-refractivity contribution < 1.29 is 35.4 Å². The van der Waals surface area contributed by atoms with Crippen LogP contribution in [0.5, 0.6) is 0 Å². The van der Waals surface area contributed by atoms with Gasteiger partial charge in [0.05, 0.1) is 6.61 Å². The van der Waals surface area contributed by atoms with Crippen LogP contribution >= 0.6 is 7.82 Å². The molecule has 0 aliphatic carbocycles. The van der Waals surface area contributed by atoms with Gasteiger partial charge in [-0.25, -0.2) is 4.57 Å². The molecule has 6 heteroatoms. The predicted octanol–water partition coefficient (Wildman–Crippen LogP) is 1.34. The Morgan fingerprint density at radius 3 is 2.29 bits per heavy atom. The van der Waals surface area contributed by atoms with E-state index in [1.807, 2.05) is 30.3 Å². The van der Waals surface area contributed by atoms with Gasteiger partial charge in [-0.15, -0.1) is 0 Å². The zero-order valence-corrected chi connectivity index (χ0v) is 9.16. The Labute approximate surface area is 92.5 Å². The third-order valence-corrected chi connectivity index (χ3v) is 2.01. The Morgan fingerprint density at radius 2 is 1.79 bits per heavy atom. The summed E-state index contributed by atoms with van der Waals surface area (Å²) in [6, 6.07) is 9.37. The van der Waals surface area contributed by atoms with Gasteiger partial charge in [-0.3, -0.25) is 4.52 Å². The van der Waals surface area contributed by atoms with Crippen LogP contribution in [0.4, 0.5) is 0 Å². The molecule has 0 saturated carbocycles. The molecule has 0 aromatic heterocycles. The first kappa shape index (κ1) is 13.8. The fraction of sp³-hybridized carbons (Fsp3) is 0.250. The van der Waals surface area contributed by atoms with E-state index in [0.29, 0.717) is 6.42 Å². The second-order valence-electron chi connectivity index (χ2n) is 2.56. The van der Waals surface area contributed by atoms with E-state index in [0.717, 1.165) is 5.56 Å². The number of phosphoric acid groups is 1. The molecule has 2 N–H and O–H groups in total. The number of rotatable bonds is 4. The topological polar surface area (TPSA) is 66.8 Å². The number of hydrogen-bond donors (Lipinski definition) is 2. The standard InChI is InChI=1S/C8H11O4P.Ni/c9-13(10,11)12-7-6-8-4-2-1-3-5-8;/h1-5H,6-7H2,(H2,9,10,11);. The van der Waals surface area contributed by atoms with Gasteiger partial charge in [0.2, 0.25) is 0 Å². The SMILES string of the molecule is O=P(O)(O)OCCc1ccccc1.[Ni]. The van der Waals surface area contributed by atoms with Gasteiger partial charge in [-0.2, -0.15) is 0 Å². The minimum absolute atomic E-state index is 0. The zero-order chi connectivity index (χ0) is 9.73. The monoisotopic (exact) mass is 260 g/mol. The summed E-state index contributed by atoms with van der Waals surface area (Å²) in [4.78, 5) is 16.8. The summed E-state index contributed by atoms with van der Waals surface area (Å²) < 4.78 is 14.6. The second-order valence-corrected chi connectivity index (χ2v) is 3.80. The van der Waals surface area contributed by atoms with Crippen molar-refractivity contribution in [1.82, 2.24) is 0 Å². The summed E-state index contributed by atoms with van der Waals surface area (Å²) >= 11 is 0. The Bertz CT molecular complexity index is 297. The average molecular weight is 261 g/mol. The van der Waals surface area contributed by atoms with Crippen LogP contribution in [0.2, 0.25) is 0 Å². The third kappa shape index (κ3) is 6.30. The van der Waals surface area contributed by atoms with E-state index in [9.17, 15) is 4.57 Å². The first-order valence-corrected chi connectivity index (χ1v) is 5.35. The summed E-state index contributed by atoms with van der Waals surface area (Å²) in [5, 5.41) is 0. The molecule has 0 saturated heterocycles. The summed E-state index contributed by atoms with van der Waals surface area (Å²) in [6.45, 7) is 0.0360. The van der Waals surface area contributed by atoms with Gasteiger partial charge in [-0.1, -0.05) is 30.3 Å². The van der Waals surface area contributed by atoms with Gasteiger partial charge in [0, 0.05) is 16.5 Å². The van der Waals surface area contributed by atoms with Crippen LogP contribution in [-0.4, -0.2) is 16.4 Å². The maximum atomic E-state index is 10.3. The first-order valence-electron chi connectivity index (χ1n) is 3.82. The molecule has 1 aromatic carbocycles. The van der Waals surface area contributed by atoms with Crippen LogP contribution in [-0.2, 0) is 32.0 Å². The largest absolute Gasteiger partial charge is 0.469 e. The molecule has 0 fully saturated rings. The van der Waals surface area contributed by atoms with Crippen molar-refractivity contribution in [3.8, 4) is 0 Å². The molecular formula is C8H11NiO4P. The van der Waals surface area contributed by atoms with E-state index in [2.05, 4.69) is 4.52 Å². The maximum absolute atomic E-state index is 10.3. The number of benzene rings is 1. The number of hydrogen-bond acceptors (Lipinski definition) is 2. The molecule has 0 heterocycles. The van der Waals surface area contributed by atoms with Gasteiger partial charge < -0.3 is 9.79 Å². The molecule has 82 valence electrons. The van der Waals surface area contributed by atoms with Crippen LogP contribution in [0.3, 0.4) is 0 Å². The molecule has 1 rings (SSSR count). The molecule has 0 aliphatic rings.